The molecule has 2 rings (SSSR count). The zero-order valence-electron chi connectivity index (χ0n) is 19.5. The Bertz CT molecular complexity index is 883. The predicted molar refractivity (Wildman–Crippen MR) is 132 cm³/mol. The van der Waals surface area contributed by atoms with Gasteiger partial charge in [-0.05, 0) is 43.4 Å². The minimum absolute atomic E-state index is 0.610. The van der Waals surface area contributed by atoms with E-state index in [1.54, 1.807) is 13.0 Å². The lowest BCUT2D eigenvalue weighted by molar-refractivity contribution is -0.131. The van der Waals surface area contributed by atoms with E-state index < -0.39 is 5.97 Å². The van der Waals surface area contributed by atoms with E-state index in [4.69, 9.17) is 14.6 Å². The van der Waals surface area contributed by atoms with Crippen molar-refractivity contribution in [3.8, 4) is 0 Å². The highest BCUT2D eigenvalue weighted by Gasteiger charge is 1.92. The first-order valence-corrected chi connectivity index (χ1v) is 10.9. The van der Waals surface area contributed by atoms with E-state index in [1.807, 2.05) is 79.7 Å². The van der Waals surface area contributed by atoms with Gasteiger partial charge in [0, 0.05) is 6.08 Å². The normalized spacial score (nSPS) is 11.7. The Morgan fingerprint density at radius 1 is 0.758 bits per heavy atom. The quantitative estimate of drug-likeness (QED) is 0.177. The topological polar surface area (TPSA) is 72.8 Å². The second-order valence-corrected chi connectivity index (χ2v) is 7.34. The Labute approximate surface area is 197 Å². The lowest BCUT2D eigenvalue weighted by Crippen LogP contribution is -1.94. The van der Waals surface area contributed by atoms with Gasteiger partial charge in [0.2, 0.25) is 0 Å². The molecule has 0 aromatic heterocycles. The maximum Gasteiger partial charge on any atom is 0.328 e. The van der Waals surface area contributed by atoms with Gasteiger partial charge in [-0.15, -0.1) is 0 Å². The Hall–Kier alpha value is -3.28. The summed E-state index contributed by atoms with van der Waals surface area (Å²) in [6, 6.07) is 20.0. The lowest BCUT2D eigenvalue weighted by Gasteiger charge is -2.02. The molecule has 0 amide bonds. The van der Waals surface area contributed by atoms with Gasteiger partial charge in [0.15, 0.2) is 0 Å². The summed E-state index contributed by atoms with van der Waals surface area (Å²) in [4.78, 5) is 20.6. The van der Waals surface area contributed by atoms with E-state index in [-0.39, 0.29) is 0 Å². The van der Waals surface area contributed by atoms with E-state index in [0.717, 1.165) is 41.9 Å². The third kappa shape index (κ3) is 16.1. The van der Waals surface area contributed by atoms with Crippen molar-refractivity contribution < 1.29 is 24.2 Å². The predicted octanol–water partition coefficient (Wildman–Crippen LogP) is 5.92. The number of allylic oxidation sites excluding steroid dienone is 3. The summed E-state index contributed by atoms with van der Waals surface area (Å²) in [5.74, 6) is -0.928. The maximum absolute atomic E-state index is 10.3. The van der Waals surface area contributed by atoms with Gasteiger partial charge in [0.05, 0.1) is 26.4 Å². The Kier molecular flexibility index (Phi) is 15.4. The van der Waals surface area contributed by atoms with E-state index in [9.17, 15) is 9.59 Å². The van der Waals surface area contributed by atoms with Gasteiger partial charge in [-0.3, -0.25) is 4.79 Å². The summed E-state index contributed by atoms with van der Waals surface area (Å²) in [6.07, 6.45) is 9.00. The van der Waals surface area contributed by atoms with Crippen molar-refractivity contribution >= 4 is 12.3 Å². The minimum atomic E-state index is -0.928. The van der Waals surface area contributed by atoms with Gasteiger partial charge in [0.1, 0.15) is 6.29 Å². The number of hydrogen-bond donors (Lipinski definition) is 1. The van der Waals surface area contributed by atoms with E-state index in [2.05, 4.69) is 0 Å². The molecule has 0 aliphatic heterocycles. The fraction of sp³-hybridized carbons (Fsp3) is 0.286. The van der Waals surface area contributed by atoms with Crippen LogP contribution in [0.4, 0.5) is 0 Å². The zero-order chi connectivity index (χ0) is 24.2. The summed E-state index contributed by atoms with van der Waals surface area (Å²) in [5, 5.41) is 8.46. The van der Waals surface area contributed by atoms with Crippen LogP contribution in [0.2, 0.25) is 0 Å². The highest BCUT2D eigenvalue weighted by molar-refractivity contribution is 5.80. The van der Waals surface area contributed by atoms with Gasteiger partial charge >= 0.3 is 5.97 Å². The first-order valence-electron chi connectivity index (χ1n) is 10.9. The molecule has 0 aliphatic rings. The number of carboxylic acids is 1. The molecule has 2 aromatic rings. The molecule has 0 aliphatic carbocycles. The number of aldehydes is 1. The summed E-state index contributed by atoms with van der Waals surface area (Å²) in [5.41, 5.74) is 4.02. The molecule has 0 saturated heterocycles. The van der Waals surface area contributed by atoms with Crippen LogP contribution in [0, 0.1) is 0 Å². The van der Waals surface area contributed by atoms with Crippen LogP contribution in [-0.2, 0) is 32.3 Å². The molecule has 5 nitrogen and oxygen atoms in total. The number of carbonyl (C=O) groups excluding carboxylic acids is 1. The molecule has 0 radical (unpaired) electrons. The molecule has 0 spiro atoms. The molecule has 5 heteroatoms. The number of carbonyl (C=O) groups is 2. The van der Waals surface area contributed by atoms with Gasteiger partial charge in [-0.2, -0.15) is 0 Å². The fourth-order valence-corrected chi connectivity index (χ4v) is 2.59. The monoisotopic (exact) mass is 450 g/mol. The number of hydrogen-bond acceptors (Lipinski definition) is 4. The van der Waals surface area contributed by atoms with Crippen molar-refractivity contribution in [1.82, 2.24) is 0 Å². The number of aliphatic carboxylic acids is 1. The van der Waals surface area contributed by atoms with E-state index in [0.29, 0.717) is 26.4 Å². The van der Waals surface area contributed by atoms with Crippen LogP contribution < -0.4 is 0 Å². The Balaban J connectivity index is 0.000000335. The number of carboxylic acid groups (broad SMARTS) is 1. The molecule has 0 unspecified atom stereocenters. The average Bonchev–Trinajstić information content (AvgIpc) is 2.84. The molecule has 0 saturated carbocycles. The van der Waals surface area contributed by atoms with Crippen LogP contribution in [0.5, 0.6) is 0 Å². The summed E-state index contributed by atoms with van der Waals surface area (Å²) in [7, 11) is 0. The second-order valence-electron chi connectivity index (χ2n) is 7.34. The molecule has 176 valence electrons. The molecule has 0 bridgehead atoms. The van der Waals surface area contributed by atoms with Crippen molar-refractivity contribution in [3.05, 3.63) is 107 Å². The summed E-state index contributed by atoms with van der Waals surface area (Å²) < 4.78 is 11.0. The Morgan fingerprint density at radius 3 is 1.64 bits per heavy atom. The SMILES string of the molecule is C/C(C=O)=C\CCOCc1ccccc1.CC(/C=C/C(=O)O)=C\CCOCc1ccccc1. The maximum atomic E-state index is 10.3. The molecule has 1 N–H and O–H groups in total. The third-order valence-electron chi connectivity index (χ3n) is 4.35. The van der Waals surface area contributed by atoms with Crippen LogP contribution in [-0.4, -0.2) is 30.6 Å². The second kappa shape index (κ2) is 18.3. The van der Waals surface area contributed by atoms with Crippen molar-refractivity contribution in [1.29, 1.82) is 0 Å². The van der Waals surface area contributed by atoms with Gasteiger partial charge < -0.3 is 14.6 Å². The molecular formula is C28H34O5. The first-order chi connectivity index (χ1) is 16.0. The standard InChI is InChI=1S/C15H18O3.C13H16O2/c1-13(9-10-15(16)17)6-5-11-18-12-14-7-3-2-4-8-14;1-12(10-14)6-5-9-15-11-13-7-3-2-4-8-13/h2-4,6-10H,5,11-12H2,1H3,(H,16,17);2-4,6-8,10H,5,9,11H2,1H3/b10-9+,13-6+;12-6+. The number of ether oxygens (including phenoxy) is 2. The summed E-state index contributed by atoms with van der Waals surface area (Å²) >= 11 is 0. The van der Waals surface area contributed by atoms with Crippen LogP contribution in [0.15, 0.2) is 96.1 Å². The van der Waals surface area contributed by atoms with Gasteiger partial charge in [-0.25, -0.2) is 4.79 Å². The molecular weight excluding hydrogens is 416 g/mol. The smallest absolute Gasteiger partial charge is 0.328 e. The van der Waals surface area contributed by atoms with Gasteiger partial charge in [0.25, 0.3) is 0 Å². The fourth-order valence-electron chi connectivity index (χ4n) is 2.59. The lowest BCUT2D eigenvalue weighted by atomic mass is 10.2. The first kappa shape index (κ1) is 27.8. The Morgan fingerprint density at radius 2 is 1.21 bits per heavy atom. The number of benzene rings is 2. The highest BCUT2D eigenvalue weighted by atomic mass is 16.5. The van der Waals surface area contributed by atoms with Crippen LogP contribution in [0.3, 0.4) is 0 Å². The molecule has 33 heavy (non-hydrogen) atoms. The van der Waals surface area contributed by atoms with Crippen molar-refractivity contribution in [2.75, 3.05) is 13.2 Å². The molecule has 0 atom stereocenters. The van der Waals surface area contributed by atoms with Crippen molar-refractivity contribution in [2.24, 2.45) is 0 Å². The van der Waals surface area contributed by atoms with Crippen LogP contribution in [0.1, 0.15) is 37.8 Å². The van der Waals surface area contributed by atoms with Crippen LogP contribution >= 0.6 is 0 Å². The van der Waals surface area contributed by atoms with Crippen LogP contribution in [0.25, 0.3) is 0 Å². The zero-order valence-corrected chi connectivity index (χ0v) is 19.5. The molecule has 2 aromatic carbocycles. The molecule has 0 fully saturated rings. The molecule has 0 heterocycles. The average molecular weight is 451 g/mol. The third-order valence-corrected chi connectivity index (χ3v) is 4.35. The number of rotatable bonds is 13. The van der Waals surface area contributed by atoms with Gasteiger partial charge in [-0.1, -0.05) is 84.5 Å². The van der Waals surface area contributed by atoms with E-state index in [1.165, 1.54) is 5.56 Å². The summed E-state index contributed by atoms with van der Waals surface area (Å²) in [6.45, 7) is 6.20. The van der Waals surface area contributed by atoms with E-state index >= 15 is 0 Å². The largest absolute Gasteiger partial charge is 0.478 e. The van der Waals surface area contributed by atoms with Crippen molar-refractivity contribution in [3.63, 3.8) is 0 Å². The highest BCUT2D eigenvalue weighted by Crippen LogP contribution is 2.03. The van der Waals surface area contributed by atoms with Crippen molar-refractivity contribution in [2.45, 2.75) is 39.9 Å². The minimum Gasteiger partial charge on any atom is -0.478 e.